The van der Waals surface area contributed by atoms with Crippen molar-refractivity contribution >= 4 is 32.3 Å². The first-order chi connectivity index (χ1) is 23.8. The largest absolute Gasteiger partial charge is 0.208 e. The molecule has 0 fully saturated rings. The summed E-state index contributed by atoms with van der Waals surface area (Å²) in [7, 11) is 0. The summed E-state index contributed by atoms with van der Waals surface area (Å²) in [5, 5.41) is 7.36. The minimum Gasteiger partial charge on any atom is -0.208 e. The molecule has 224 valence electrons. The molecule has 0 aliphatic carbocycles. The highest BCUT2D eigenvalue weighted by Gasteiger charge is 2.15. The summed E-state index contributed by atoms with van der Waals surface area (Å²) in [6, 6.07) is 61.6. The molecule has 8 aromatic carbocycles. The van der Waals surface area contributed by atoms with Crippen molar-refractivity contribution in [2.75, 3.05) is 0 Å². The smallest absolute Gasteiger partial charge is 0.164 e. The fraction of sp³-hybridized carbons (Fsp3) is 0. The van der Waals surface area contributed by atoms with Gasteiger partial charge in [-0.3, -0.25) is 0 Å². The second kappa shape index (κ2) is 11.7. The van der Waals surface area contributed by atoms with E-state index in [4.69, 9.17) is 15.0 Å². The maximum Gasteiger partial charge on any atom is 0.164 e. The van der Waals surface area contributed by atoms with Crippen LogP contribution in [0.15, 0.2) is 176 Å². The third-order valence-corrected chi connectivity index (χ3v) is 9.12. The topological polar surface area (TPSA) is 38.7 Å². The number of nitrogens with zero attached hydrogens (tertiary/aromatic N) is 3. The first-order valence-corrected chi connectivity index (χ1v) is 16.2. The van der Waals surface area contributed by atoms with E-state index >= 15 is 0 Å². The minimum absolute atomic E-state index is 0.642. The highest BCUT2D eigenvalue weighted by atomic mass is 15.0. The van der Waals surface area contributed by atoms with Gasteiger partial charge in [0.25, 0.3) is 0 Å². The predicted molar refractivity (Wildman–Crippen MR) is 200 cm³/mol. The lowest BCUT2D eigenvalue weighted by molar-refractivity contribution is 1.07. The number of benzene rings is 8. The summed E-state index contributed by atoms with van der Waals surface area (Å²) in [5.41, 5.74) is 7.43. The lowest BCUT2D eigenvalue weighted by atomic mass is 9.93. The predicted octanol–water partition coefficient (Wildman–Crippen LogP) is 11.7. The van der Waals surface area contributed by atoms with Crippen LogP contribution in [0.5, 0.6) is 0 Å². The lowest BCUT2D eigenvalue weighted by Crippen LogP contribution is -2.00. The second-order valence-electron chi connectivity index (χ2n) is 12.0. The molecule has 1 heterocycles. The Hall–Kier alpha value is -6.45. The van der Waals surface area contributed by atoms with Gasteiger partial charge in [0, 0.05) is 16.7 Å². The van der Waals surface area contributed by atoms with E-state index in [1.54, 1.807) is 0 Å². The van der Waals surface area contributed by atoms with Gasteiger partial charge in [-0.15, -0.1) is 0 Å². The van der Waals surface area contributed by atoms with E-state index in [9.17, 15) is 0 Å². The zero-order chi connectivity index (χ0) is 31.9. The maximum absolute atomic E-state index is 5.13. The third kappa shape index (κ3) is 4.99. The summed E-state index contributed by atoms with van der Waals surface area (Å²) >= 11 is 0. The fourth-order valence-electron chi connectivity index (χ4n) is 6.72. The van der Waals surface area contributed by atoms with E-state index in [2.05, 4.69) is 164 Å². The average molecular weight is 612 g/mol. The molecule has 0 aliphatic heterocycles. The van der Waals surface area contributed by atoms with Gasteiger partial charge in [-0.1, -0.05) is 164 Å². The van der Waals surface area contributed by atoms with E-state index in [1.165, 1.54) is 37.9 Å². The van der Waals surface area contributed by atoms with E-state index in [1.807, 2.05) is 12.1 Å². The Kier molecular flexibility index (Phi) is 6.80. The summed E-state index contributed by atoms with van der Waals surface area (Å²) in [6.45, 7) is 0. The van der Waals surface area contributed by atoms with Crippen LogP contribution in [0.3, 0.4) is 0 Å². The van der Waals surface area contributed by atoms with Crippen LogP contribution in [0.2, 0.25) is 0 Å². The third-order valence-electron chi connectivity index (χ3n) is 9.12. The van der Waals surface area contributed by atoms with Crippen LogP contribution in [-0.2, 0) is 0 Å². The molecule has 0 N–H and O–H groups in total. The molecule has 0 radical (unpaired) electrons. The summed E-state index contributed by atoms with van der Waals surface area (Å²) in [5.74, 6) is 1.93. The molecule has 1 aromatic heterocycles. The number of aromatic nitrogens is 3. The first-order valence-electron chi connectivity index (χ1n) is 16.2. The molecule has 0 spiro atoms. The Bertz CT molecular complexity index is 2560. The monoisotopic (exact) mass is 611 g/mol. The molecule has 0 saturated heterocycles. The Labute approximate surface area is 278 Å². The van der Waals surface area contributed by atoms with Crippen molar-refractivity contribution in [2.24, 2.45) is 0 Å². The average Bonchev–Trinajstić information content (AvgIpc) is 3.18. The summed E-state index contributed by atoms with van der Waals surface area (Å²) in [4.78, 5) is 15.3. The zero-order valence-corrected chi connectivity index (χ0v) is 26.1. The quantitative estimate of drug-likeness (QED) is 0.182. The standard InChI is InChI=1S/C45H29N3/c1-3-12-30(13-4-1)32-22-24-33(25-23-32)43-46-44(35-17-11-16-34(28-35)31-14-5-2-6-15-31)48-45(47-43)36-26-27-41-39-20-8-7-18-37(39)38-19-9-10-21-40(38)42(41)29-36/h1-29H. The van der Waals surface area contributed by atoms with Gasteiger partial charge >= 0.3 is 0 Å². The maximum atomic E-state index is 5.13. The van der Waals surface area contributed by atoms with Crippen molar-refractivity contribution in [3.8, 4) is 56.4 Å². The molecule has 48 heavy (non-hydrogen) atoms. The SMILES string of the molecule is c1ccc(-c2ccc(-c3nc(-c4cccc(-c5ccccc5)c4)nc(-c4ccc5c6ccccc6c6ccccc6c5c4)n3)cc2)cc1. The molecule has 9 aromatic rings. The molecular weight excluding hydrogens is 583 g/mol. The number of hydrogen-bond donors (Lipinski definition) is 0. The Morgan fingerprint density at radius 2 is 0.562 bits per heavy atom. The van der Waals surface area contributed by atoms with Crippen molar-refractivity contribution in [1.82, 2.24) is 15.0 Å². The van der Waals surface area contributed by atoms with E-state index in [0.29, 0.717) is 17.5 Å². The van der Waals surface area contributed by atoms with Crippen molar-refractivity contribution < 1.29 is 0 Å². The van der Waals surface area contributed by atoms with Crippen LogP contribution in [0.25, 0.3) is 88.7 Å². The molecule has 0 unspecified atom stereocenters. The van der Waals surface area contributed by atoms with E-state index in [0.717, 1.165) is 33.4 Å². The van der Waals surface area contributed by atoms with Gasteiger partial charge in [-0.25, -0.2) is 15.0 Å². The van der Waals surface area contributed by atoms with Crippen LogP contribution in [0, 0.1) is 0 Å². The van der Waals surface area contributed by atoms with Crippen LogP contribution in [-0.4, -0.2) is 15.0 Å². The van der Waals surface area contributed by atoms with Crippen molar-refractivity contribution in [1.29, 1.82) is 0 Å². The number of rotatable bonds is 5. The van der Waals surface area contributed by atoms with Gasteiger partial charge in [0.2, 0.25) is 0 Å². The summed E-state index contributed by atoms with van der Waals surface area (Å²) in [6.07, 6.45) is 0. The minimum atomic E-state index is 0.642. The molecule has 3 nitrogen and oxygen atoms in total. The van der Waals surface area contributed by atoms with Crippen LogP contribution in [0.4, 0.5) is 0 Å². The summed E-state index contributed by atoms with van der Waals surface area (Å²) < 4.78 is 0. The van der Waals surface area contributed by atoms with Gasteiger partial charge in [0.15, 0.2) is 17.5 Å². The zero-order valence-electron chi connectivity index (χ0n) is 26.1. The fourth-order valence-corrected chi connectivity index (χ4v) is 6.72. The Balaban J connectivity index is 1.23. The van der Waals surface area contributed by atoms with Gasteiger partial charge in [-0.05, 0) is 66.7 Å². The Morgan fingerprint density at radius 3 is 1.15 bits per heavy atom. The highest BCUT2D eigenvalue weighted by Crippen LogP contribution is 2.37. The van der Waals surface area contributed by atoms with E-state index < -0.39 is 0 Å². The lowest BCUT2D eigenvalue weighted by Gasteiger charge is -2.13. The van der Waals surface area contributed by atoms with Crippen molar-refractivity contribution in [3.63, 3.8) is 0 Å². The van der Waals surface area contributed by atoms with Gasteiger partial charge < -0.3 is 0 Å². The molecular formula is C45H29N3. The molecule has 0 saturated carbocycles. The highest BCUT2D eigenvalue weighted by molar-refractivity contribution is 6.25. The normalized spacial score (nSPS) is 11.3. The Morgan fingerprint density at radius 1 is 0.208 bits per heavy atom. The van der Waals surface area contributed by atoms with Gasteiger partial charge in [0.1, 0.15) is 0 Å². The van der Waals surface area contributed by atoms with Crippen LogP contribution in [0.1, 0.15) is 0 Å². The molecule has 3 heteroatoms. The molecule has 0 aliphatic rings. The first kappa shape index (κ1) is 27.8. The van der Waals surface area contributed by atoms with Gasteiger partial charge in [0.05, 0.1) is 0 Å². The number of hydrogen-bond acceptors (Lipinski definition) is 3. The number of fused-ring (bicyclic) bond motifs is 6. The van der Waals surface area contributed by atoms with Crippen molar-refractivity contribution in [2.45, 2.75) is 0 Å². The second-order valence-corrected chi connectivity index (χ2v) is 12.0. The van der Waals surface area contributed by atoms with Crippen LogP contribution < -0.4 is 0 Å². The molecule has 9 rings (SSSR count). The molecule has 0 amide bonds. The van der Waals surface area contributed by atoms with Crippen molar-refractivity contribution in [3.05, 3.63) is 176 Å². The molecule has 0 atom stereocenters. The van der Waals surface area contributed by atoms with Gasteiger partial charge in [-0.2, -0.15) is 0 Å². The van der Waals surface area contributed by atoms with E-state index in [-0.39, 0.29) is 0 Å². The van der Waals surface area contributed by atoms with Crippen LogP contribution >= 0.6 is 0 Å². The molecule has 0 bridgehead atoms.